The third-order valence-corrected chi connectivity index (χ3v) is 2.52. The van der Waals surface area contributed by atoms with Gasteiger partial charge in [-0.2, -0.15) is 0 Å². The normalized spacial score (nSPS) is 10.2. The van der Waals surface area contributed by atoms with Crippen molar-refractivity contribution in [2.24, 2.45) is 0 Å². The molecule has 0 spiro atoms. The lowest BCUT2D eigenvalue weighted by atomic mass is 10.1. The molecule has 0 heterocycles. The van der Waals surface area contributed by atoms with Crippen LogP contribution in [0.1, 0.15) is 15.9 Å². The maximum atomic E-state index is 11.5. The van der Waals surface area contributed by atoms with Crippen LogP contribution in [0.4, 0.5) is 0 Å². The standard InChI is InChI=1S/C10H12BrNO2/c1-6-3-7(9(13)5-12-2)4-8(11)10(6)14/h3-4,12,14H,5H2,1-2H3. The third-order valence-electron chi connectivity index (χ3n) is 1.91. The lowest BCUT2D eigenvalue weighted by Gasteiger charge is -2.05. The number of carbonyl (C=O) groups excluding carboxylic acids is 1. The number of halogens is 1. The summed E-state index contributed by atoms with van der Waals surface area (Å²) in [6.45, 7) is 2.06. The first kappa shape index (κ1) is 11.2. The van der Waals surface area contributed by atoms with E-state index in [0.717, 1.165) is 0 Å². The van der Waals surface area contributed by atoms with Gasteiger partial charge in [0.1, 0.15) is 5.75 Å². The molecule has 0 saturated heterocycles. The molecule has 0 unspecified atom stereocenters. The summed E-state index contributed by atoms with van der Waals surface area (Å²) < 4.78 is 0.553. The number of phenolic OH excluding ortho intramolecular Hbond substituents is 1. The van der Waals surface area contributed by atoms with Crippen molar-refractivity contribution in [2.75, 3.05) is 13.6 Å². The molecule has 0 amide bonds. The van der Waals surface area contributed by atoms with Gasteiger partial charge in [0.25, 0.3) is 0 Å². The monoisotopic (exact) mass is 257 g/mol. The fourth-order valence-electron chi connectivity index (χ4n) is 1.16. The van der Waals surface area contributed by atoms with E-state index in [1.807, 2.05) is 0 Å². The zero-order valence-corrected chi connectivity index (χ0v) is 9.68. The number of hydrogen-bond acceptors (Lipinski definition) is 3. The van der Waals surface area contributed by atoms with E-state index in [1.165, 1.54) is 0 Å². The Bertz CT molecular complexity index is 340. The minimum atomic E-state index is 0.0105. The average molecular weight is 258 g/mol. The first-order valence-electron chi connectivity index (χ1n) is 4.23. The van der Waals surface area contributed by atoms with Gasteiger partial charge in [-0.3, -0.25) is 4.79 Å². The average Bonchev–Trinajstić information content (AvgIpc) is 2.13. The van der Waals surface area contributed by atoms with Crippen LogP contribution in [0.2, 0.25) is 0 Å². The second-order valence-electron chi connectivity index (χ2n) is 3.08. The number of Topliss-reactive ketones (excluding diaryl/α,β-unsaturated/α-hetero) is 1. The van der Waals surface area contributed by atoms with Crippen molar-refractivity contribution in [1.82, 2.24) is 5.32 Å². The van der Waals surface area contributed by atoms with Gasteiger partial charge < -0.3 is 10.4 Å². The number of phenols is 1. The minimum Gasteiger partial charge on any atom is -0.506 e. The summed E-state index contributed by atoms with van der Waals surface area (Å²) in [5.41, 5.74) is 1.29. The highest BCUT2D eigenvalue weighted by Crippen LogP contribution is 2.28. The molecule has 0 aromatic heterocycles. The summed E-state index contributed by atoms with van der Waals surface area (Å²) >= 11 is 3.19. The van der Waals surface area contributed by atoms with E-state index < -0.39 is 0 Å². The van der Waals surface area contributed by atoms with Crippen LogP contribution in [0.25, 0.3) is 0 Å². The molecule has 1 aromatic carbocycles. The molecule has 0 aliphatic heterocycles. The topological polar surface area (TPSA) is 49.3 Å². The zero-order valence-electron chi connectivity index (χ0n) is 8.10. The molecule has 2 N–H and O–H groups in total. The highest BCUT2D eigenvalue weighted by molar-refractivity contribution is 9.10. The Morgan fingerprint density at radius 2 is 2.21 bits per heavy atom. The van der Waals surface area contributed by atoms with Gasteiger partial charge in [-0.1, -0.05) is 0 Å². The van der Waals surface area contributed by atoms with Crippen molar-refractivity contribution in [2.45, 2.75) is 6.92 Å². The Morgan fingerprint density at radius 3 is 2.71 bits per heavy atom. The zero-order chi connectivity index (χ0) is 10.7. The number of aryl methyl sites for hydroxylation is 1. The molecule has 1 aromatic rings. The molecule has 4 heteroatoms. The molecular formula is C10H12BrNO2. The second-order valence-corrected chi connectivity index (χ2v) is 3.93. The Hall–Kier alpha value is -0.870. The van der Waals surface area contributed by atoms with Crippen LogP contribution in [0, 0.1) is 6.92 Å². The lowest BCUT2D eigenvalue weighted by molar-refractivity contribution is 0.0993. The molecular weight excluding hydrogens is 246 g/mol. The SMILES string of the molecule is CNCC(=O)c1cc(C)c(O)c(Br)c1. The highest BCUT2D eigenvalue weighted by Gasteiger charge is 2.09. The number of carbonyl (C=O) groups is 1. The van der Waals surface area contributed by atoms with Crippen LogP contribution in [0.3, 0.4) is 0 Å². The largest absolute Gasteiger partial charge is 0.506 e. The van der Waals surface area contributed by atoms with E-state index >= 15 is 0 Å². The number of ketones is 1. The third kappa shape index (κ3) is 2.33. The first-order valence-corrected chi connectivity index (χ1v) is 5.02. The van der Waals surface area contributed by atoms with E-state index in [0.29, 0.717) is 22.1 Å². The van der Waals surface area contributed by atoms with Crippen LogP contribution in [0.15, 0.2) is 16.6 Å². The van der Waals surface area contributed by atoms with Gasteiger partial charge in [-0.05, 0) is 47.6 Å². The predicted molar refractivity (Wildman–Crippen MR) is 58.8 cm³/mol. The van der Waals surface area contributed by atoms with Crippen molar-refractivity contribution in [3.05, 3.63) is 27.7 Å². The fourth-order valence-corrected chi connectivity index (χ4v) is 1.72. The van der Waals surface area contributed by atoms with Gasteiger partial charge >= 0.3 is 0 Å². The van der Waals surface area contributed by atoms with Gasteiger partial charge in [0, 0.05) is 5.56 Å². The maximum Gasteiger partial charge on any atom is 0.176 e. The first-order chi connectivity index (χ1) is 6.56. The molecule has 0 radical (unpaired) electrons. The second kappa shape index (κ2) is 4.57. The summed E-state index contributed by atoms with van der Waals surface area (Å²) in [5, 5.41) is 12.3. The van der Waals surface area contributed by atoms with Gasteiger partial charge in [-0.15, -0.1) is 0 Å². The van der Waals surface area contributed by atoms with Crippen molar-refractivity contribution in [1.29, 1.82) is 0 Å². The molecule has 0 saturated carbocycles. The lowest BCUT2D eigenvalue weighted by Crippen LogP contribution is -2.18. The molecule has 0 atom stereocenters. The Morgan fingerprint density at radius 1 is 1.57 bits per heavy atom. The Balaban J connectivity index is 3.06. The fraction of sp³-hybridized carbons (Fsp3) is 0.300. The van der Waals surface area contributed by atoms with E-state index in [9.17, 15) is 9.90 Å². The van der Waals surface area contributed by atoms with E-state index in [4.69, 9.17) is 0 Å². The summed E-state index contributed by atoms with van der Waals surface area (Å²) in [6.07, 6.45) is 0. The van der Waals surface area contributed by atoms with Crippen LogP contribution < -0.4 is 5.32 Å². The summed E-state index contributed by atoms with van der Waals surface area (Å²) in [5.74, 6) is 0.197. The van der Waals surface area contributed by atoms with Crippen molar-refractivity contribution < 1.29 is 9.90 Å². The summed E-state index contributed by atoms with van der Waals surface area (Å²) in [6, 6.07) is 3.31. The minimum absolute atomic E-state index is 0.0105. The molecule has 0 aliphatic rings. The van der Waals surface area contributed by atoms with Crippen LogP contribution in [-0.2, 0) is 0 Å². The van der Waals surface area contributed by atoms with E-state index in [2.05, 4.69) is 21.2 Å². The van der Waals surface area contributed by atoms with Gasteiger partial charge in [0.15, 0.2) is 5.78 Å². The number of benzene rings is 1. The number of aromatic hydroxyl groups is 1. The molecule has 1 rings (SSSR count). The molecule has 0 fully saturated rings. The summed E-state index contributed by atoms with van der Waals surface area (Å²) in [4.78, 5) is 11.5. The smallest absolute Gasteiger partial charge is 0.176 e. The molecule has 76 valence electrons. The highest BCUT2D eigenvalue weighted by atomic mass is 79.9. The Labute approximate surface area is 91.3 Å². The molecule has 0 bridgehead atoms. The summed E-state index contributed by atoms with van der Waals surface area (Å²) in [7, 11) is 1.72. The van der Waals surface area contributed by atoms with Crippen LogP contribution in [-0.4, -0.2) is 24.5 Å². The number of hydrogen-bond donors (Lipinski definition) is 2. The van der Waals surface area contributed by atoms with Crippen molar-refractivity contribution >= 4 is 21.7 Å². The van der Waals surface area contributed by atoms with E-state index in [1.54, 1.807) is 26.1 Å². The number of rotatable bonds is 3. The van der Waals surface area contributed by atoms with Gasteiger partial charge in [0.05, 0.1) is 11.0 Å². The van der Waals surface area contributed by atoms with Crippen molar-refractivity contribution in [3.8, 4) is 5.75 Å². The molecule has 0 aliphatic carbocycles. The number of nitrogens with one attached hydrogen (secondary N) is 1. The number of likely N-dealkylation sites (N-methyl/N-ethyl adjacent to an activating group) is 1. The predicted octanol–water partition coefficient (Wildman–Crippen LogP) is 1.87. The Kier molecular flexibility index (Phi) is 3.66. The van der Waals surface area contributed by atoms with Gasteiger partial charge in [-0.25, -0.2) is 0 Å². The quantitative estimate of drug-likeness (QED) is 0.813. The van der Waals surface area contributed by atoms with Crippen LogP contribution in [0.5, 0.6) is 5.75 Å². The van der Waals surface area contributed by atoms with E-state index in [-0.39, 0.29) is 11.5 Å². The maximum absolute atomic E-state index is 11.5. The van der Waals surface area contributed by atoms with Crippen LogP contribution >= 0.6 is 15.9 Å². The van der Waals surface area contributed by atoms with Gasteiger partial charge in [0.2, 0.25) is 0 Å². The van der Waals surface area contributed by atoms with Crippen molar-refractivity contribution in [3.63, 3.8) is 0 Å². The molecule has 3 nitrogen and oxygen atoms in total. The molecule has 14 heavy (non-hydrogen) atoms.